The minimum atomic E-state index is 0.622. The number of methoxy groups -OCH3 is 1. The van der Waals surface area contributed by atoms with Crippen molar-refractivity contribution in [2.45, 2.75) is 40.2 Å². The van der Waals surface area contributed by atoms with Crippen LogP contribution in [0, 0.1) is 5.92 Å². The van der Waals surface area contributed by atoms with Crippen molar-refractivity contribution < 1.29 is 4.74 Å². The van der Waals surface area contributed by atoms with Gasteiger partial charge in [0.1, 0.15) is 11.6 Å². The molecule has 0 fully saturated rings. The van der Waals surface area contributed by atoms with Gasteiger partial charge in [-0.05, 0) is 30.0 Å². The van der Waals surface area contributed by atoms with Crippen LogP contribution in [0.4, 0.5) is 0 Å². The maximum atomic E-state index is 5.20. The van der Waals surface area contributed by atoms with Crippen LogP contribution in [0.2, 0.25) is 0 Å². The molecule has 0 aliphatic carbocycles. The average Bonchev–Trinajstić information content (AvgIpc) is 2.52. The third kappa shape index (κ3) is 6.03. The van der Waals surface area contributed by atoms with E-state index in [2.05, 4.69) is 49.4 Å². The van der Waals surface area contributed by atoms with Gasteiger partial charge in [0.25, 0.3) is 0 Å². The summed E-state index contributed by atoms with van der Waals surface area (Å²) >= 11 is 0. The Labute approximate surface area is 129 Å². The van der Waals surface area contributed by atoms with E-state index in [1.165, 1.54) is 5.56 Å². The molecule has 1 aromatic rings. The van der Waals surface area contributed by atoms with Gasteiger partial charge in [0.05, 0.1) is 7.11 Å². The van der Waals surface area contributed by atoms with Gasteiger partial charge in [-0.15, -0.1) is 0 Å². The summed E-state index contributed by atoms with van der Waals surface area (Å²) in [5, 5.41) is 0. The molecule has 116 valence electrons. The molecule has 0 heterocycles. The highest BCUT2D eigenvalue weighted by atomic mass is 16.5. The molecule has 0 aliphatic rings. The summed E-state index contributed by atoms with van der Waals surface area (Å²) in [7, 11) is 1.69. The normalized spacial score (nSPS) is 12.4. The summed E-state index contributed by atoms with van der Waals surface area (Å²) in [5.41, 5.74) is 1.24. The van der Waals surface area contributed by atoms with Gasteiger partial charge >= 0.3 is 0 Å². The molecule has 0 saturated heterocycles. The number of hydrogen-bond donors (Lipinski definition) is 0. The van der Waals surface area contributed by atoms with Gasteiger partial charge in [-0.3, -0.25) is 0 Å². The minimum absolute atomic E-state index is 0.622. The molecular formula is C18H28N2O. The zero-order valence-corrected chi connectivity index (χ0v) is 13.8. The lowest BCUT2D eigenvalue weighted by atomic mass is 10.1. The van der Waals surface area contributed by atoms with Crippen molar-refractivity contribution in [3.63, 3.8) is 0 Å². The Morgan fingerprint density at radius 2 is 2.00 bits per heavy atom. The predicted molar refractivity (Wildman–Crippen MR) is 90.8 cm³/mol. The van der Waals surface area contributed by atoms with Gasteiger partial charge < -0.3 is 9.64 Å². The molecule has 0 bridgehead atoms. The molecule has 0 saturated carbocycles. The van der Waals surface area contributed by atoms with Gasteiger partial charge in [-0.1, -0.05) is 45.9 Å². The first kappa shape index (κ1) is 17.3. The fourth-order valence-electron chi connectivity index (χ4n) is 2.00. The highest BCUT2D eigenvalue weighted by Crippen LogP contribution is 2.17. The maximum absolute atomic E-state index is 5.20. The van der Waals surface area contributed by atoms with Crippen LogP contribution in [0.15, 0.2) is 41.7 Å². The van der Waals surface area contributed by atoms with E-state index in [9.17, 15) is 0 Å². The zero-order chi connectivity index (χ0) is 15.7. The molecule has 3 heteroatoms. The molecule has 0 spiro atoms. The van der Waals surface area contributed by atoms with E-state index in [0.717, 1.165) is 37.5 Å². The SMILES string of the molecule is C=C(N=CCC)N(Cc1ccc(OC)cc1)CC(C)CC. The Kier molecular flexibility index (Phi) is 7.59. The van der Waals surface area contributed by atoms with E-state index in [1.807, 2.05) is 18.3 Å². The Bertz CT molecular complexity index is 451. The van der Waals surface area contributed by atoms with Crippen molar-refractivity contribution in [2.75, 3.05) is 13.7 Å². The summed E-state index contributed by atoms with van der Waals surface area (Å²) in [6, 6.07) is 8.18. The zero-order valence-electron chi connectivity index (χ0n) is 13.8. The highest BCUT2D eigenvalue weighted by molar-refractivity contribution is 5.58. The number of ether oxygens (including phenoxy) is 1. The van der Waals surface area contributed by atoms with Crippen LogP contribution in [0.5, 0.6) is 5.75 Å². The molecule has 0 aliphatic heterocycles. The second-order valence-electron chi connectivity index (χ2n) is 5.38. The molecule has 0 aromatic heterocycles. The first-order valence-corrected chi connectivity index (χ1v) is 7.70. The van der Waals surface area contributed by atoms with Crippen LogP contribution in [0.1, 0.15) is 39.2 Å². The first-order valence-electron chi connectivity index (χ1n) is 7.70. The molecule has 3 nitrogen and oxygen atoms in total. The molecular weight excluding hydrogens is 260 g/mol. The monoisotopic (exact) mass is 288 g/mol. The third-order valence-electron chi connectivity index (χ3n) is 3.55. The van der Waals surface area contributed by atoms with Crippen LogP contribution in [-0.2, 0) is 6.54 Å². The van der Waals surface area contributed by atoms with E-state index in [-0.39, 0.29) is 0 Å². The topological polar surface area (TPSA) is 24.8 Å². The van der Waals surface area contributed by atoms with Crippen molar-refractivity contribution in [3.05, 3.63) is 42.2 Å². The summed E-state index contributed by atoms with van der Waals surface area (Å²) in [6.45, 7) is 12.5. The van der Waals surface area contributed by atoms with E-state index in [4.69, 9.17) is 4.74 Å². The maximum Gasteiger partial charge on any atom is 0.121 e. The van der Waals surface area contributed by atoms with E-state index < -0.39 is 0 Å². The lowest BCUT2D eigenvalue weighted by Crippen LogP contribution is -2.26. The molecule has 21 heavy (non-hydrogen) atoms. The minimum Gasteiger partial charge on any atom is -0.497 e. The Morgan fingerprint density at radius 1 is 1.33 bits per heavy atom. The van der Waals surface area contributed by atoms with Crippen molar-refractivity contribution >= 4 is 6.21 Å². The number of rotatable bonds is 9. The van der Waals surface area contributed by atoms with Gasteiger partial charge in [-0.25, -0.2) is 4.99 Å². The molecule has 1 rings (SSSR count). The highest BCUT2D eigenvalue weighted by Gasteiger charge is 2.11. The standard InChI is InChI=1S/C18H28N2O/c1-6-12-19-16(4)20(13-15(3)7-2)14-17-8-10-18(21-5)11-9-17/h8-12,15H,4,6-7,13-14H2,1-3,5H3. The first-order chi connectivity index (χ1) is 10.1. The number of nitrogens with zero attached hydrogens (tertiary/aromatic N) is 2. The quantitative estimate of drug-likeness (QED) is 0.625. The molecule has 1 unspecified atom stereocenters. The second-order valence-corrected chi connectivity index (χ2v) is 5.38. The van der Waals surface area contributed by atoms with E-state index in [1.54, 1.807) is 7.11 Å². The van der Waals surface area contributed by atoms with Crippen LogP contribution in [0.3, 0.4) is 0 Å². The lowest BCUT2D eigenvalue weighted by Gasteiger charge is -2.27. The second kappa shape index (κ2) is 9.22. The van der Waals surface area contributed by atoms with Crippen LogP contribution >= 0.6 is 0 Å². The van der Waals surface area contributed by atoms with Gasteiger partial charge in [0.2, 0.25) is 0 Å². The number of aliphatic imine (C=N–C) groups is 1. The summed E-state index contributed by atoms with van der Waals surface area (Å²) in [6.07, 6.45) is 4.00. The van der Waals surface area contributed by atoms with E-state index in [0.29, 0.717) is 5.92 Å². The van der Waals surface area contributed by atoms with E-state index >= 15 is 0 Å². The van der Waals surface area contributed by atoms with Crippen molar-refractivity contribution in [1.82, 2.24) is 4.90 Å². The molecule has 0 radical (unpaired) electrons. The summed E-state index contributed by atoms with van der Waals surface area (Å²) in [5.74, 6) is 2.35. The average molecular weight is 288 g/mol. The predicted octanol–water partition coefficient (Wildman–Crippen LogP) is 4.50. The Morgan fingerprint density at radius 3 is 2.52 bits per heavy atom. The van der Waals surface area contributed by atoms with Crippen molar-refractivity contribution in [3.8, 4) is 5.75 Å². The van der Waals surface area contributed by atoms with Crippen LogP contribution in [-0.4, -0.2) is 24.8 Å². The Hall–Kier alpha value is -1.77. The smallest absolute Gasteiger partial charge is 0.121 e. The van der Waals surface area contributed by atoms with Gasteiger partial charge in [0.15, 0.2) is 0 Å². The summed E-state index contributed by atoms with van der Waals surface area (Å²) < 4.78 is 5.20. The molecule has 1 aromatic carbocycles. The molecule has 1 atom stereocenters. The number of benzene rings is 1. The van der Waals surface area contributed by atoms with Gasteiger partial charge in [0, 0.05) is 19.3 Å². The third-order valence-corrected chi connectivity index (χ3v) is 3.55. The fourth-order valence-corrected chi connectivity index (χ4v) is 2.00. The largest absolute Gasteiger partial charge is 0.497 e. The summed E-state index contributed by atoms with van der Waals surface area (Å²) in [4.78, 5) is 6.69. The fraction of sp³-hybridized carbons (Fsp3) is 0.500. The van der Waals surface area contributed by atoms with Crippen molar-refractivity contribution in [1.29, 1.82) is 0 Å². The molecule has 0 amide bonds. The van der Waals surface area contributed by atoms with Gasteiger partial charge in [-0.2, -0.15) is 0 Å². The lowest BCUT2D eigenvalue weighted by molar-refractivity contribution is 0.282. The van der Waals surface area contributed by atoms with Crippen molar-refractivity contribution in [2.24, 2.45) is 10.9 Å². The Balaban J connectivity index is 2.79. The van der Waals surface area contributed by atoms with Crippen LogP contribution < -0.4 is 4.74 Å². The number of hydrogen-bond acceptors (Lipinski definition) is 3. The molecule has 0 N–H and O–H groups in total. The van der Waals surface area contributed by atoms with Crippen LogP contribution in [0.25, 0.3) is 0 Å².